The number of carbonyl (C=O) groups excluding carboxylic acids is 1. The molecule has 0 saturated heterocycles. The molecule has 0 aliphatic carbocycles. The molecular formula is C15H24N2O3. The van der Waals surface area contributed by atoms with Crippen LogP contribution in [0.2, 0.25) is 0 Å². The lowest BCUT2D eigenvalue weighted by Crippen LogP contribution is -2.35. The van der Waals surface area contributed by atoms with Crippen LogP contribution in [-0.2, 0) is 4.74 Å². The third-order valence-electron chi connectivity index (χ3n) is 2.30. The topological polar surface area (TPSA) is 59.6 Å². The molecule has 0 unspecified atom stereocenters. The summed E-state index contributed by atoms with van der Waals surface area (Å²) < 4.78 is 10.7. The van der Waals surface area contributed by atoms with Crippen LogP contribution in [0.5, 0.6) is 5.75 Å². The van der Waals surface area contributed by atoms with E-state index in [-0.39, 0.29) is 0 Å². The highest BCUT2D eigenvalue weighted by Crippen LogP contribution is 2.23. The maximum Gasteiger partial charge on any atom is 0.407 e. The van der Waals surface area contributed by atoms with Crippen LogP contribution in [0.3, 0.4) is 0 Å². The summed E-state index contributed by atoms with van der Waals surface area (Å²) >= 11 is 0. The molecule has 0 spiro atoms. The summed E-state index contributed by atoms with van der Waals surface area (Å²) in [4.78, 5) is 11.5. The summed E-state index contributed by atoms with van der Waals surface area (Å²) in [6.45, 7) is 9.16. The molecule has 0 aliphatic rings. The molecule has 0 heterocycles. The predicted octanol–water partition coefficient (Wildman–Crippen LogP) is 3.02. The number of hydrogen-bond donors (Lipinski definition) is 2. The average Bonchev–Trinajstić information content (AvgIpc) is 2.34. The van der Waals surface area contributed by atoms with Crippen LogP contribution in [0.25, 0.3) is 0 Å². The number of rotatable bonds is 6. The number of ether oxygens (including phenoxy) is 2. The molecule has 0 bridgehead atoms. The zero-order valence-electron chi connectivity index (χ0n) is 12.7. The van der Waals surface area contributed by atoms with E-state index < -0.39 is 11.7 Å². The molecule has 0 radical (unpaired) electrons. The Balaban J connectivity index is 2.33. The van der Waals surface area contributed by atoms with Crippen LogP contribution >= 0.6 is 0 Å². The van der Waals surface area contributed by atoms with Crippen molar-refractivity contribution in [2.75, 3.05) is 25.0 Å². The number of amides is 1. The minimum absolute atomic E-state index is 0.405. The van der Waals surface area contributed by atoms with Crippen molar-refractivity contribution in [3.05, 3.63) is 24.3 Å². The third kappa shape index (κ3) is 6.31. The summed E-state index contributed by atoms with van der Waals surface area (Å²) in [7, 11) is 0. The van der Waals surface area contributed by atoms with E-state index in [1.165, 1.54) is 0 Å². The van der Waals surface area contributed by atoms with Gasteiger partial charge in [-0.2, -0.15) is 0 Å². The number of alkyl carbamates (subject to hydrolysis) is 1. The quantitative estimate of drug-likeness (QED) is 0.786. The lowest BCUT2D eigenvalue weighted by atomic mass is 10.2. The van der Waals surface area contributed by atoms with Gasteiger partial charge in [0.2, 0.25) is 0 Å². The minimum Gasteiger partial charge on any atom is -0.492 e. The summed E-state index contributed by atoms with van der Waals surface area (Å²) in [5.41, 5.74) is 0.444. The Labute approximate surface area is 120 Å². The van der Waals surface area contributed by atoms with Crippen LogP contribution < -0.4 is 15.4 Å². The fourth-order valence-electron chi connectivity index (χ4n) is 1.57. The molecule has 1 aromatic carbocycles. The molecule has 1 rings (SSSR count). The maximum absolute atomic E-state index is 11.5. The highest BCUT2D eigenvalue weighted by molar-refractivity contribution is 5.67. The normalized spacial score (nSPS) is 10.8. The first-order valence-electron chi connectivity index (χ1n) is 6.85. The first-order chi connectivity index (χ1) is 9.42. The number of hydrogen-bond acceptors (Lipinski definition) is 4. The zero-order valence-corrected chi connectivity index (χ0v) is 12.7. The Morgan fingerprint density at radius 3 is 2.55 bits per heavy atom. The van der Waals surface area contributed by atoms with Gasteiger partial charge in [0.15, 0.2) is 0 Å². The highest BCUT2D eigenvalue weighted by atomic mass is 16.6. The first kappa shape index (κ1) is 16.1. The van der Waals surface area contributed by atoms with E-state index in [1.54, 1.807) is 0 Å². The average molecular weight is 280 g/mol. The van der Waals surface area contributed by atoms with Gasteiger partial charge in [-0.1, -0.05) is 12.1 Å². The summed E-state index contributed by atoms with van der Waals surface area (Å²) in [6, 6.07) is 7.72. The Kier molecular flexibility index (Phi) is 6.15. The Hall–Kier alpha value is -1.91. The van der Waals surface area contributed by atoms with Gasteiger partial charge in [0.25, 0.3) is 0 Å². The Bertz CT molecular complexity index is 427. The Morgan fingerprint density at radius 2 is 1.90 bits per heavy atom. The highest BCUT2D eigenvalue weighted by Gasteiger charge is 2.15. The summed E-state index contributed by atoms with van der Waals surface area (Å²) in [5, 5.41) is 5.92. The molecule has 112 valence electrons. The summed E-state index contributed by atoms with van der Waals surface area (Å²) in [6.07, 6.45) is -0.405. The van der Waals surface area contributed by atoms with E-state index in [0.717, 1.165) is 11.4 Å². The molecule has 1 aromatic rings. The van der Waals surface area contributed by atoms with Crippen molar-refractivity contribution in [2.45, 2.75) is 33.3 Å². The summed E-state index contributed by atoms with van der Waals surface area (Å²) in [5.74, 6) is 0.812. The molecule has 1 amide bonds. The predicted molar refractivity (Wildman–Crippen MR) is 80.3 cm³/mol. The van der Waals surface area contributed by atoms with Crippen LogP contribution in [0.4, 0.5) is 10.5 Å². The van der Waals surface area contributed by atoms with Gasteiger partial charge in [0.1, 0.15) is 11.4 Å². The van der Waals surface area contributed by atoms with Crippen molar-refractivity contribution in [3.63, 3.8) is 0 Å². The molecule has 0 fully saturated rings. The monoisotopic (exact) mass is 280 g/mol. The van der Waals surface area contributed by atoms with E-state index >= 15 is 0 Å². The van der Waals surface area contributed by atoms with Gasteiger partial charge in [-0.3, -0.25) is 0 Å². The van der Waals surface area contributed by atoms with Crippen molar-refractivity contribution in [1.82, 2.24) is 5.32 Å². The lowest BCUT2D eigenvalue weighted by Gasteiger charge is -2.19. The van der Waals surface area contributed by atoms with Crippen molar-refractivity contribution < 1.29 is 14.3 Å². The Morgan fingerprint density at radius 1 is 1.20 bits per heavy atom. The number of benzene rings is 1. The second-order valence-corrected chi connectivity index (χ2v) is 5.28. The molecule has 0 atom stereocenters. The molecule has 5 nitrogen and oxygen atoms in total. The second-order valence-electron chi connectivity index (χ2n) is 5.28. The van der Waals surface area contributed by atoms with Crippen LogP contribution in [0.1, 0.15) is 27.7 Å². The SMILES string of the molecule is CCOc1ccccc1NCCNC(=O)OC(C)(C)C. The fourth-order valence-corrected chi connectivity index (χ4v) is 1.57. The largest absolute Gasteiger partial charge is 0.492 e. The van der Waals surface area contributed by atoms with E-state index in [4.69, 9.17) is 9.47 Å². The van der Waals surface area contributed by atoms with Crippen molar-refractivity contribution in [3.8, 4) is 5.75 Å². The molecule has 0 saturated carbocycles. The van der Waals surface area contributed by atoms with Crippen LogP contribution in [-0.4, -0.2) is 31.4 Å². The van der Waals surface area contributed by atoms with Gasteiger partial charge >= 0.3 is 6.09 Å². The minimum atomic E-state index is -0.473. The van der Waals surface area contributed by atoms with Crippen molar-refractivity contribution >= 4 is 11.8 Å². The molecule has 2 N–H and O–H groups in total. The van der Waals surface area contributed by atoms with Crippen LogP contribution in [0, 0.1) is 0 Å². The molecule has 5 heteroatoms. The lowest BCUT2D eigenvalue weighted by molar-refractivity contribution is 0.0530. The van der Waals surface area contributed by atoms with E-state index in [9.17, 15) is 4.79 Å². The third-order valence-corrected chi connectivity index (χ3v) is 2.30. The van der Waals surface area contributed by atoms with Crippen molar-refractivity contribution in [2.24, 2.45) is 0 Å². The number of para-hydroxylation sites is 2. The first-order valence-corrected chi connectivity index (χ1v) is 6.85. The molecule has 20 heavy (non-hydrogen) atoms. The molecule has 0 aromatic heterocycles. The molecule has 0 aliphatic heterocycles. The second kappa shape index (κ2) is 7.62. The zero-order chi connectivity index (χ0) is 15.0. The maximum atomic E-state index is 11.5. The number of carbonyl (C=O) groups is 1. The van der Waals surface area contributed by atoms with Gasteiger partial charge in [0.05, 0.1) is 12.3 Å². The fraction of sp³-hybridized carbons (Fsp3) is 0.533. The number of anilines is 1. The van der Waals surface area contributed by atoms with Crippen molar-refractivity contribution in [1.29, 1.82) is 0 Å². The van der Waals surface area contributed by atoms with Gasteiger partial charge in [-0.05, 0) is 39.8 Å². The van der Waals surface area contributed by atoms with Gasteiger partial charge in [-0.25, -0.2) is 4.79 Å². The van der Waals surface area contributed by atoms with Gasteiger partial charge in [-0.15, -0.1) is 0 Å². The molecular weight excluding hydrogens is 256 g/mol. The van der Waals surface area contributed by atoms with E-state index in [1.807, 2.05) is 52.0 Å². The van der Waals surface area contributed by atoms with E-state index in [0.29, 0.717) is 19.7 Å². The number of nitrogens with one attached hydrogen (secondary N) is 2. The standard InChI is InChI=1S/C15H24N2O3/c1-5-19-13-9-7-6-8-12(13)16-10-11-17-14(18)20-15(2,3)4/h6-9,16H,5,10-11H2,1-4H3,(H,17,18). The van der Waals surface area contributed by atoms with E-state index in [2.05, 4.69) is 10.6 Å². The van der Waals surface area contributed by atoms with Crippen LogP contribution in [0.15, 0.2) is 24.3 Å². The smallest absolute Gasteiger partial charge is 0.407 e. The van der Waals surface area contributed by atoms with Gasteiger partial charge in [0, 0.05) is 13.1 Å². The van der Waals surface area contributed by atoms with Gasteiger partial charge < -0.3 is 20.1 Å².